The Hall–Kier alpha value is -0.860. The van der Waals surface area contributed by atoms with Crippen LogP contribution in [0.5, 0.6) is 0 Å². The molecule has 0 bridgehead atoms. The standard InChI is InChI=1S/C30H48O3/c1-19-20(31)8-9-21-27(19,5)11-10-22-28(21,6)15-16-29(7)23-18-25(2,3)12-13-26(23,4)14-17-30(22,29)24(32)33/h19,21-23H,8-18H2,1-7H3,(H,32,33)/t19-,21+,22-,23+,26+,27+,28-,29-,30+/m0/s1. The lowest BCUT2D eigenvalue weighted by Crippen LogP contribution is -2.70. The highest BCUT2D eigenvalue weighted by atomic mass is 16.4. The largest absolute Gasteiger partial charge is 0.481 e. The fraction of sp³-hybridized carbons (Fsp3) is 0.933. The fourth-order valence-electron chi connectivity index (χ4n) is 11.2. The maximum atomic E-state index is 13.6. The van der Waals surface area contributed by atoms with Gasteiger partial charge in [0.25, 0.3) is 0 Å². The molecule has 0 radical (unpaired) electrons. The molecule has 0 aromatic carbocycles. The maximum Gasteiger partial charge on any atom is 0.310 e. The smallest absolute Gasteiger partial charge is 0.310 e. The number of ketones is 1. The summed E-state index contributed by atoms with van der Waals surface area (Å²) in [6.45, 7) is 16.7. The van der Waals surface area contributed by atoms with Crippen molar-refractivity contribution in [1.82, 2.24) is 0 Å². The van der Waals surface area contributed by atoms with Gasteiger partial charge in [-0.15, -0.1) is 0 Å². The molecule has 9 atom stereocenters. The van der Waals surface area contributed by atoms with Crippen molar-refractivity contribution >= 4 is 11.8 Å². The first-order chi connectivity index (χ1) is 15.2. The Labute approximate surface area is 201 Å². The first-order valence-corrected chi connectivity index (χ1v) is 13.9. The van der Waals surface area contributed by atoms with E-state index in [1.807, 2.05) is 0 Å². The van der Waals surface area contributed by atoms with Crippen LogP contribution in [0.3, 0.4) is 0 Å². The van der Waals surface area contributed by atoms with Crippen LogP contribution in [0.25, 0.3) is 0 Å². The molecule has 3 heteroatoms. The zero-order valence-corrected chi connectivity index (χ0v) is 22.4. The number of fused-ring (bicyclic) bond motifs is 7. The van der Waals surface area contributed by atoms with Crippen LogP contribution in [0.15, 0.2) is 0 Å². The summed E-state index contributed by atoms with van der Waals surface area (Å²) >= 11 is 0. The molecule has 5 rings (SSSR count). The van der Waals surface area contributed by atoms with Gasteiger partial charge >= 0.3 is 5.97 Å². The van der Waals surface area contributed by atoms with E-state index < -0.39 is 11.4 Å². The first kappa shape index (κ1) is 23.9. The molecule has 0 heterocycles. The van der Waals surface area contributed by atoms with E-state index in [0.717, 1.165) is 44.9 Å². The third-order valence-corrected chi connectivity index (χ3v) is 13.5. The monoisotopic (exact) mass is 456 g/mol. The predicted octanol–water partition coefficient (Wildman–Crippen LogP) is 7.52. The highest BCUT2D eigenvalue weighted by molar-refractivity contribution is 5.82. The molecular formula is C30H48O3. The third-order valence-electron chi connectivity index (χ3n) is 13.5. The van der Waals surface area contributed by atoms with Crippen LogP contribution in [-0.2, 0) is 9.59 Å². The Balaban J connectivity index is 1.62. The van der Waals surface area contributed by atoms with Crippen LogP contribution in [0.2, 0.25) is 0 Å². The topological polar surface area (TPSA) is 54.4 Å². The molecule has 0 unspecified atom stereocenters. The Bertz CT molecular complexity index is 876. The minimum atomic E-state index is -0.621. The summed E-state index contributed by atoms with van der Waals surface area (Å²) in [5.41, 5.74) is -0.116. The summed E-state index contributed by atoms with van der Waals surface area (Å²) < 4.78 is 0. The van der Waals surface area contributed by atoms with E-state index >= 15 is 0 Å². The van der Waals surface area contributed by atoms with E-state index in [4.69, 9.17) is 0 Å². The van der Waals surface area contributed by atoms with Gasteiger partial charge in [-0.05, 0) is 109 Å². The molecule has 3 nitrogen and oxygen atoms in total. The van der Waals surface area contributed by atoms with Gasteiger partial charge in [-0.3, -0.25) is 9.59 Å². The fourth-order valence-corrected chi connectivity index (χ4v) is 11.2. The highest BCUT2D eigenvalue weighted by Gasteiger charge is 2.74. The van der Waals surface area contributed by atoms with Crippen molar-refractivity contribution in [2.24, 2.45) is 56.2 Å². The minimum absolute atomic E-state index is 0.0256. The molecule has 5 aliphatic carbocycles. The van der Waals surface area contributed by atoms with Gasteiger partial charge in [0.1, 0.15) is 5.78 Å². The molecule has 1 N–H and O–H groups in total. The molecule has 5 saturated carbocycles. The van der Waals surface area contributed by atoms with Crippen LogP contribution in [-0.4, -0.2) is 16.9 Å². The van der Waals surface area contributed by atoms with Gasteiger partial charge in [0.15, 0.2) is 0 Å². The predicted molar refractivity (Wildman–Crippen MR) is 132 cm³/mol. The Morgan fingerprint density at radius 3 is 2.12 bits per heavy atom. The maximum absolute atomic E-state index is 13.6. The van der Waals surface area contributed by atoms with Gasteiger partial charge in [0.2, 0.25) is 0 Å². The molecule has 0 aliphatic heterocycles. The van der Waals surface area contributed by atoms with E-state index in [1.165, 1.54) is 19.3 Å². The van der Waals surface area contributed by atoms with Crippen molar-refractivity contribution in [3.8, 4) is 0 Å². The minimum Gasteiger partial charge on any atom is -0.481 e. The molecule has 5 fully saturated rings. The van der Waals surface area contributed by atoms with Gasteiger partial charge in [0.05, 0.1) is 5.41 Å². The summed E-state index contributed by atoms with van der Waals surface area (Å²) in [6, 6.07) is 0. The molecule has 186 valence electrons. The number of carbonyl (C=O) groups excluding carboxylic acids is 1. The summed E-state index contributed by atoms with van der Waals surface area (Å²) in [6.07, 6.45) is 11.4. The molecule has 0 spiro atoms. The summed E-state index contributed by atoms with van der Waals surface area (Å²) in [5.74, 6) is 1.22. The third kappa shape index (κ3) is 2.80. The second kappa shape index (κ2) is 6.88. The van der Waals surface area contributed by atoms with E-state index in [2.05, 4.69) is 48.5 Å². The van der Waals surface area contributed by atoms with Gasteiger partial charge in [-0.1, -0.05) is 48.5 Å². The van der Waals surface area contributed by atoms with Crippen molar-refractivity contribution in [3.05, 3.63) is 0 Å². The molecule has 0 aromatic heterocycles. The second-order valence-corrected chi connectivity index (χ2v) is 15.2. The highest BCUT2D eigenvalue weighted by Crippen LogP contribution is 2.78. The van der Waals surface area contributed by atoms with Crippen molar-refractivity contribution in [2.75, 3.05) is 0 Å². The van der Waals surface area contributed by atoms with E-state index in [0.29, 0.717) is 29.5 Å². The van der Waals surface area contributed by atoms with Crippen molar-refractivity contribution in [1.29, 1.82) is 0 Å². The number of carboxylic acids is 1. The number of rotatable bonds is 1. The van der Waals surface area contributed by atoms with Crippen LogP contribution >= 0.6 is 0 Å². The summed E-state index contributed by atoms with van der Waals surface area (Å²) in [7, 11) is 0. The molecule has 0 aromatic rings. The van der Waals surface area contributed by atoms with Crippen molar-refractivity contribution < 1.29 is 14.7 Å². The number of Topliss-reactive ketones (excluding diaryl/α,β-unsaturated/α-hetero) is 1. The summed E-state index contributed by atoms with van der Waals surface area (Å²) in [5, 5.41) is 11.1. The lowest BCUT2D eigenvalue weighted by Gasteiger charge is -2.73. The second-order valence-electron chi connectivity index (χ2n) is 15.2. The number of aliphatic carboxylic acids is 1. The van der Waals surface area contributed by atoms with Crippen molar-refractivity contribution in [3.63, 3.8) is 0 Å². The average Bonchev–Trinajstić information content (AvgIpc) is 2.73. The van der Waals surface area contributed by atoms with Gasteiger partial charge in [0, 0.05) is 12.3 Å². The Kier molecular flexibility index (Phi) is 4.97. The molecule has 0 amide bonds. The first-order valence-electron chi connectivity index (χ1n) is 13.9. The quantitative estimate of drug-likeness (QED) is 0.444. The molecular weight excluding hydrogens is 408 g/mol. The van der Waals surface area contributed by atoms with Crippen molar-refractivity contribution in [2.45, 2.75) is 119 Å². The molecule has 5 aliphatic rings. The van der Waals surface area contributed by atoms with Gasteiger partial charge < -0.3 is 5.11 Å². The number of hydrogen-bond acceptors (Lipinski definition) is 2. The van der Waals surface area contributed by atoms with Crippen LogP contribution in [0.4, 0.5) is 0 Å². The number of carbonyl (C=O) groups is 2. The number of carboxylic acid groups (broad SMARTS) is 1. The van der Waals surface area contributed by atoms with Crippen LogP contribution in [0.1, 0.15) is 119 Å². The van der Waals surface area contributed by atoms with Crippen LogP contribution < -0.4 is 0 Å². The normalized spacial score (nSPS) is 55.5. The SMILES string of the molecule is C[C@H]1C(=O)CC[C@@H]2[C@]1(C)CC[C@H]1[C@@]2(C)CC[C@@]2(C)[C@@H]3CC(C)(C)CC[C@]3(C)CC[C@]12C(=O)O. The Morgan fingerprint density at radius 1 is 0.788 bits per heavy atom. The lowest BCUT2D eigenvalue weighted by atomic mass is 9.29. The number of hydrogen-bond donors (Lipinski definition) is 1. The lowest BCUT2D eigenvalue weighted by molar-refractivity contribution is -0.263. The van der Waals surface area contributed by atoms with E-state index in [-0.39, 0.29) is 33.5 Å². The van der Waals surface area contributed by atoms with Crippen LogP contribution in [0, 0.1) is 56.2 Å². The average molecular weight is 457 g/mol. The van der Waals surface area contributed by atoms with Gasteiger partial charge in [-0.2, -0.15) is 0 Å². The summed E-state index contributed by atoms with van der Waals surface area (Å²) in [4.78, 5) is 26.3. The zero-order valence-electron chi connectivity index (χ0n) is 22.4. The van der Waals surface area contributed by atoms with Gasteiger partial charge in [-0.25, -0.2) is 0 Å². The van der Waals surface area contributed by atoms with E-state index in [1.54, 1.807) is 0 Å². The molecule has 33 heavy (non-hydrogen) atoms. The van der Waals surface area contributed by atoms with E-state index in [9.17, 15) is 14.7 Å². The zero-order chi connectivity index (χ0) is 24.2. The Morgan fingerprint density at radius 2 is 1.45 bits per heavy atom. The molecule has 0 saturated heterocycles.